The van der Waals surface area contributed by atoms with Crippen molar-refractivity contribution in [2.24, 2.45) is 0 Å². The fourth-order valence-corrected chi connectivity index (χ4v) is 7.23. The second-order valence-corrected chi connectivity index (χ2v) is 11.0. The Morgan fingerprint density at radius 2 is 0.595 bits per heavy atom. The van der Waals surface area contributed by atoms with E-state index in [1.807, 2.05) is 36.4 Å². The quantitative estimate of drug-likeness (QED) is 0.259. The van der Waals surface area contributed by atoms with E-state index in [-0.39, 0.29) is 46.4 Å². The Kier molecular flexibility index (Phi) is 4.24. The van der Waals surface area contributed by atoms with Crippen molar-refractivity contribution in [1.29, 1.82) is 21.0 Å². The van der Waals surface area contributed by atoms with Gasteiger partial charge in [-0.15, -0.1) is 0 Å². The number of nitrogens with zero attached hydrogens (tertiary/aromatic N) is 12. The second-order valence-electron chi connectivity index (χ2n) is 11.0. The van der Waals surface area contributed by atoms with Crippen molar-refractivity contribution < 1.29 is 0 Å². The Balaban J connectivity index is 1.21. The van der Waals surface area contributed by atoms with E-state index in [1.165, 1.54) is 0 Å². The van der Waals surface area contributed by atoms with Gasteiger partial charge >= 0.3 is 0 Å². The van der Waals surface area contributed by atoms with Crippen LogP contribution >= 0.6 is 0 Å². The predicted molar refractivity (Wildman–Crippen MR) is 141 cm³/mol. The Bertz CT molecular complexity index is 1980. The zero-order valence-corrected chi connectivity index (χ0v) is 21.7. The SMILES string of the molecule is N#Cc1nc2c(nc1C#N)[C@@H]1CC[C@H]2c2nc3cc4nc5c(nc4cc3nc21)[C@@H]1CC[C@H]5c2nc(C#N)c(C#N)nc21. The highest BCUT2D eigenvalue weighted by molar-refractivity contribution is 5.91. The minimum absolute atomic E-state index is 0.0384. The van der Waals surface area contributed by atoms with Gasteiger partial charge in [0.15, 0.2) is 22.8 Å². The standard InChI is InChI=1S/C30H14N12/c31-7-19-20(8-32)40-28-12-2-1-11(27(28)39-19)23-24(12)36-16-6-18-17(5-15(16)35-23)37-25-13-3-4-14(26(25)38-18)30-29(13)41-21(9-33)22(10-34)42-30/h5-6,11-14H,1-4H2/t11-,12+,13+,14-. The van der Waals surface area contributed by atoms with Gasteiger partial charge in [0.1, 0.15) is 24.3 Å². The lowest BCUT2D eigenvalue weighted by molar-refractivity contribution is 0.473. The molecule has 4 heterocycles. The Morgan fingerprint density at radius 3 is 0.810 bits per heavy atom. The van der Waals surface area contributed by atoms with Crippen molar-refractivity contribution in [3.05, 3.63) is 80.5 Å². The van der Waals surface area contributed by atoms with Gasteiger partial charge in [-0.3, -0.25) is 0 Å². The number of nitriles is 4. The zero-order valence-electron chi connectivity index (χ0n) is 21.7. The Morgan fingerprint density at radius 1 is 0.381 bits per heavy atom. The molecule has 0 radical (unpaired) electrons. The highest BCUT2D eigenvalue weighted by atomic mass is 15.0. The Hall–Kier alpha value is -5.98. The summed E-state index contributed by atoms with van der Waals surface area (Å²) in [5, 5.41) is 38.0. The molecule has 42 heavy (non-hydrogen) atoms. The highest BCUT2D eigenvalue weighted by Gasteiger charge is 2.44. The van der Waals surface area contributed by atoms with Gasteiger partial charge in [-0.1, -0.05) is 0 Å². The monoisotopic (exact) mass is 542 g/mol. The summed E-state index contributed by atoms with van der Waals surface area (Å²) in [4.78, 5) is 38.4. The lowest BCUT2D eigenvalue weighted by Crippen LogP contribution is -2.30. The van der Waals surface area contributed by atoms with Crippen LogP contribution in [0.1, 0.15) is 118 Å². The average molecular weight is 543 g/mol. The molecule has 0 fully saturated rings. The number of hydrogen-bond donors (Lipinski definition) is 0. The van der Waals surface area contributed by atoms with Crippen LogP contribution < -0.4 is 0 Å². The first kappa shape index (κ1) is 22.8. The molecule has 12 heteroatoms. The minimum atomic E-state index is -0.145. The van der Waals surface area contributed by atoms with Crippen LogP contribution in [0, 0.1) is 45.3 Å². The molecule has 0 saturated carbocycles. The van der Waals surface area contributed by atoms with Gasteiger partial charge in [0.2, 0.25) is 0 Å². The molecule has 11 rings (SSSR count). The third-order valence-corrected chi connectivity index (χ3v) is 9.01. The van der Waals surface area contributed by atoms with Crippen molar-refractivity contribution >= 4 is 22.1 Å². The van der Waals surface area contributed by atoms with Gasteiger partial charge in [0.25, 0.3) is 0 Å². The molecule has 0 N–H and O–H groups in total. The maximum atomic E-state index is 9.51. The van der Waals surface area contributed by atoms with E-state index in [9.17, 15) is 21.0 Å². The maximum absolute atomic E-state index is 9.51. The van der Waals surface area contributed by atoms with Crippen LogP contribution in [0.25, 0.3) is 22.1 Å². The first-order chi connectivity index (χ1) is 20.6. The maximum Gasteiger partial charge on any atom is 0.177 e. The Labute approximate surface area is 237 Å². The number of aromatic nitrogens is 8. The molecule has 6 aliphatic rings. The van der Waals surface area contributed by atoms with Crippen LogP contribution in [-0.2, 0) is 0 Å². The fraction of sp³-hybridized carbons (Fsp3) is 0.267. The topological polar surface area (TPSA) is 198 Å². The van der Waals surface area contributed by atoms with Crippen molar-refractivity contribution in [2.45, 2.75) is 49.4 Å². The summed E-state index contributed by atoms with van der Waals surface area (Å²) < 4.78 is 0. The predicted octanol–water partition coefficient (Wildman–Crippen LogP) is 3.38. The molecule has 0 aliphatic heterocycles. The molecular formula is C30H14N12. The zero-order chi connectivity index (χ0) is 28.3. The molecular weight excluding hydrogens is 528 g/mol. The van der Waals surface area contributed by atoms with Gasteiger partial charge in [0.05, 0.1) is 67.6 Å². The second kappa shape index (κ2) is 7.81. The average Bonchev–Trinajstić information content (AvgIpc) is 3.04. The highest BCUT2D eigenvalue weighted by Crippen LogP contribution is 2.52. The lowest BCUT2D eigenvalue weighted by atomic mass is 9.71. The summed E-state index contributed by atoms with van der Waals surface area (Å²) in [6, 6.07) is 11.8. The van der Waals surface area contributed by atoms with Crippen LogP contribution in [0.15, 0.2) is 12.1 Å². The third kappa shape index (κ3) is 2.76. The molecule has 6 aliphatic carbocycles. The van der Waals surface area contributed by atoms with E-state index in [0.717, 1.165) is 48.5 Å². The van der Waals surface area contributed by atoms with E-state index >= 15 is 0 Å². The lowest BCUT2D eigenvalue weighted by Gasteiger charge is -2.37. The molecule has 194 valence electrons. The van der Waals surface area contributed by atoms with Crippen molar-refractivity contribution in [3.63, 3.8) is 0 Å². The molecule has 1 aromatic carbocycles. The summed E-state index contributed by atoms with van der Waals surface area (Å²) in [6.07, 6.45) is 3.27. The molecule has 0 spiro atoms. The number of rotatable bonds is 0. The van der Waals surface area contributed by atoms with Gasteiger partial charge in [-0.2, -0.15) is 21.0 Å². The molecule has 0 unspecified atom stereocenters. The van der Waals surface area contributed by atoms with E-state index in [1.54, 1.807) is 0 Å². The number of fused-ring (bicyclic) bond motifs is 4. The van der Waals surface area contributed by atoms with Crippen LogP contribution in [0.2, 0.25) is 0 Å². The van der Waals surface area contributed by atoms with E-state index in [4.69, 9.17) is 19.9 Å². The molecule has 4 atom stereocenters. The van der Waals surface area contributed by atoms with Gasteiger partial charge in [0, 0.05) is 23.7 Å². The van der Waals surface area contributed by atoms with Gasteiger partial charge in [-0.05, 0) is 37.8 Å². The summed E-state index contributed by atoms with van der Waals surface area (Å²) in [5.41, 5.74) is 9.11. The fourth-order valence-electron chi connectivity index (χ4n) is 7.23. The van der Waals surface area contributed by atoms with Crippen molar-refractivity contribution in [1.82, 2.24) is 39.9 Å². The third-order valence-electron chi connectivity index (χ3n) is 9.01. The van der Waals surface area contributed by atoms with E-state index in [2.05, 4.69) is 19.9 Å². The van der Waals surface area contributed by atoms with Gasteiger partial charge in [-0.25, -0.2) is 39.9 Å². The van der Waals surface area contributed by atoms with E-state index < -0.39 is 0 Å². The molecule has 5 aromatic rings. The number of benzene rings is 1. The first-order valence-corrected chi connectivity index (χ1v) is 13.6. The molecule has 12 nitrogen and oxygen atoms in total. The largest absolute Gasteiger partial charge is 0.248 e. The summed E-state index contributed by atoms with van der Waals surface area (Å²) in [6.45, 7) is 0. The van der Waals surface area contributed by atoms with Crippen molar-refractivity contribution in [2.75, 3.05) is 0 Å². The van der Waals surface area contributed by atoms with E-state index in [0.29, 0.717) is 44.8 Å². The molecule has 4 aromatic heterocycles. The van der Waals surface area contributed by atoms with Crippen LogP contribution in [0.3, 0.4) is 0 Å². The first-order valence-electron chi connectivity index (χ1n) is 13.6. The summed E-state index contributed by atoms with van der Waals surface area (Å²) in [5.74, 6) is -0.581. The van der Waals surface area contributed by atoms with Crippen LogP contribution in [-0.4, -0.2) is 39.9 Å². The van der Waals surface area contributed by atoms with Crippen LogP contribution in [0.4, 0.5) is 0 Å². The van der Waals surface area contributed by atoms with Crippen LogP contribution in [0.5, 0.6) is 0 Å². The smallest absolute Gasteiger partial charge is 0.177 e. The summed E-state index contributed by atoms with van der Waals surface area (Å²) >= 11 is 0. The minimum Gasteiger partial charge on any atom is -0.248 e. The summed E-state index contributed by atoms with van der Waals surface area (Å²) in [7, 11) is 0. The number of hydrogen-bond acceptors (Lipinski definition) is 12. The van der Waals surface area contributed by atoms with Gasteiger partial charge < -0.3 is 0 Å². The molecule has 4 bridgehead atoms. The molecule has 0 saturated heterocycles. The van der Waals surface area contributed by atoms with Crippen molar-refractivity contribution in [3.8, 4) is 24.3 Å². The normalized spacial score (nSPS) is 21.8. The molecule has 0 amide bonds.